The van der Waals surface area contributed by atoms with Crippen molar-refractivity contribution in [1.29, 1.82) is 0 Å². The van der Waals surface area contributed by atoms with Crippen LogP contribution in [0.2, 0.25) is 0 Å². The molecule has 0 saturated carbocycles. The number of fused-ring (bicyclic) bond motifs is 4. The second-order valence-electron chi connectivity index (χ2n) is 12.3. The van der Waals surface area contributed by atoms with Gasteiger partial charge in [-0.3, -0.25) is 19.9 Å². The van der Waals surface area contributed by atoms with Crippen molar-refractivity contribution in [2.45, 2.75) is 0 Å². The summed E-state index contributed by atoms with van der Waals surface area (Å²) in [6, 6.07) is 39.9. The number of rotatable bonds is 5. The summed E-state index contributed by atoms with van der Waals surface area (Å²) in [5.41, 5.74) is 12.9. The van der Waals surface area contributed by atoms with E-state index in [1.165, 1.54) is 65.3 Å². The molecule has 0 radical (unpaired) electrons. The van der Waals surface area contributed by atoms with Gasteiger partial charge in [0.25, 0.3) is 0 Å². The number of aromatic nitrogens is 4. The van der Waals surface area contributed by atoms with Crippen LogP contribution < -0.4 is 0 Å². The van der Waals surface area contributed by atoms with Gasteiger partial charge in [0, 0.05) is 59.4 Å². The number of benzene rings is 6. The Bertz CT molecular complexity index is 2560. The minimum absolute atomic E-state index is 1.07. The predicted octanol–water partition coefficient (Wildman–Crippen LogP) is 12.3. The molecule has 0 atom stereocenters. The van der Waals surface area contributed by atoms with Crippen LogP contribution in [0.5, 0.6) is 0 Å². The predicted molar refractivity (Wildman–Crippen MR) is 211 cm³/mol. The summed E-state index contributed by atoms with van der Waals surface area (Å²) < 4.78 is 0. The van der Waals surface area contributed by atoms with Crippen LogP contribution in [0.4, 0.5) is 0 Å². The van der Waals surface area contributed by atoms with Gasteiger partial charge in [0.05, 0.1) is 20.8 Å². The van der Waals surface area contributed by atoms with Gasteiger partial charge in [-0.1, -0.05) is 97.1 Å². The van der Waals surface area contributed by atoms with Crippen LogP contribution in [0.3, 0.4) is 0 Å². The summed E-state index contributed by atoms with van der Waals surface area (Å²) in [6.07, 6.45) is 11.7. The Morgan fingerprint density at radius 1 is 0.300 bits per heavy atom. The highest BCUT2D eigenvalue weighted by Gasteiger charge is 2.22. The largest absolute Gasteiger partial charge is 0.263 e. The van der Waals surface area contributed by atoms with E-state index in [4.69, 9.17) is 9.97 Å². The second kappa shape index (κ2) is 11.8. The smallest absolute Gasteiger partial charge is 0.0797 e. The molecule has 0 aliphatic carbocycles. The minimum atomic E-state index is 1.07. The maximum Gasteiger partial charge on any atom is 0.0797 e. The molecular formula is C44H26N4S2. The quantitative estimate of drug-likeness (QED) is 0.171. The third-order valence-corrected chi connectivity index (χ3v) is 11.2. The van der Waals surface area contributed by atoms with Crippen LogP contribution in [0.1, 0.15) is 0 Å². The average molecular weight is 675 g/mol. The molecule has 0 bridgehead atoms. The lowest BCUT2D eigenvalue weighted by molar-refractivity contribution is 1.33. The van der Waals surface area contributed by atoms with Gasteiger partial charge in [-0.15, -0.1) is 22.7 Å². The fourth-order valence-corrected chi connectivity index (χ4v) is 8.77. The Morgan fingerprint density at radius 2 is 0.600 bits per heavy atom. The summed E-state index contributed by atoms with van der Waals surface area (Å²) in [5, 5.41) is 9.63. The van der Waals surface area contributed by atoms with E-state index in [-0.39, 0.29) is 0 Å². The van der Waals surface area contributed by atoms with E-state index in [1.54, 1.807) is 22.7 Å². The number of hydrogen-bond acceptors (Lipinski definition) is 6. The Kier molecular flexibility index (Phi) is 6.82. The molecule has 4 heterocycles. The maximum absolute atomic E-state index is 4.72. The van der Waals surface area contributed by atoms with Crippen molar-refractivity contribution in [2.75, 3.05) is 0 Å². The van der Waals surface area contributed by atoms with Gasteiger partial charge in [0.2, 0.25) is 0 Å². The topological polar surface area (TPSA) is 51.6 Å². The van der Waals surface area contributed by atoms with E-state index in [2.05, 4.69) is 119 Å². The van der Waals surface area contributed by atoms with Gasteiger partial charge in [0.1, 0.15) is 0 Å². The highest BCUT2D eigenvalue weighted by molar-refractivity contribution is 7.13. The Hall–Kier alpha value is -6.08. The summed E-state index contributed by atoms with van der Waals surface area (Å²) in [6.45, 7) is 0. The fourth-order valence-electron chi connectivity index (χ4n) is 7.56. The molecule has 0 amide bonds. The van der Waals surface area contributed by atoms with Crippen molar-refractivity contribution in [1.82, 2.24) is 19.9 Å². The first kappa shape index (κ1) is 28.9. The van der Waals surface area contributed by atoms with Crippen LogP contribution >= 0.6 is 22.7 Å². The van der Waals surface area contributed by atoms with E-state index in [9.17, 15) is 0 Å². The molecule has 4 nitrogen and oxygen atoms in total. The lowest BCUT2D eigenvalue weighted by atomic mass is 9.81. The number of thiazole rings is 2. The van der Waals surface area contributed by atoms with Gasteiger partial charge in [0.15, 0.2) is 0 Å². The van der Waals surface area contributed by atoms with Crippen molar-refractivity contribution in [3.05, 3.63) is 157 Å². The van der Waals surface area contributed by atoms with Crippen molar-refractivity contribution in [3.63, 3.8) is 0 Å². The van der Waals surface area contributed by atoms with Crippen molar-refractivity contribution >= 4 is 65.8 Å². The fraction of sp³-hybridized carbons (Fsp3) is 0. The number of hydrogen-bond donors (Lipinski definition) is 0. The molecule has 10 rings (SSSR count). The maximum atomic E-state index is 4.72. The lowest BCUT2D eigenvalue weighted by Gasteiger charge is -2.22. The van der Waals surface area contributed by atoms with E-state index in [1.807, 2.05) is 48.2 Å². The zero-order valence-corrected chi connectivity index (χ0v) is 28.2. The van der Waals surface area contributed by atoms with Crippen molar-refractivity contribution < 1.29 is 0 Å². The molecule has 0 fully saturated rings. The monoisotopic (exact) mass is 674 g/mol. The van der Waals surface area contributed by atoms with Gasteiger partial charge in [-0.2, -0.15) is 0 Å². The minimum Gasteiger partial charge on any atom is -0.263 e. The van der Waals surface area contributed by atoms with E-state index >= 15 is 0 Å². The van der Waals surface area contributed by atoms with Gasteiger partial charge < -0.3 is 0 Å². The van der Waals surface area contributed by atoms with Gasteiger partial charge in [-0.25, -0.2) is 0 Å². The van der Waals surface area contributed by atoms with Crippen LogP contribution in [0, 0.1) is 0 Å². The molecule has 50 heavy (non-hydrogen) atoms. The Morgan fingerprint density at radius 3 is 0.900 bits per heavy atom. The SMILES string of the molecule is c1ccc2c(-c3c4ccccc4c(-c4cncc(-c5cncs5)c4)c4ccccc34)c3ccccc3c(-c3cncc(-c4cncs4)c3)c2c1. The van der Waals surface area contributed by atoms with Crippen molar-refractivity contribution in [3.8, 4) is 54.3 Å². The lowest BCUT2D eigenvalue weighted by Crippen LogP contribution is -1.95. The van der Waals surface area contributed by atoms with Crippen LogP contribution in [-0.2, 0) is 0 Å². The molecule has 6 aromatic carbocycles. The first-order valence-electron chi connectivity index (χ1n) is 16.4. The normalized spacial score (nSPS) is 11.6. The molecule has 0 unspecified atom stereocenters. The van der Waals surface area contributed by atoms with Crippen molar-refractivity contribution in [2.24, 2.45) is 0 Å². The average Bonchev–Trinajstić information content (AvgIpc) is 3.93. The van der Waals surface area contributed by atoms with Crippen LogP contribution in [-0.4, -0.2) is 19.9 Å². The first-order valence-corrected chi connectivity index (χ1v) is 18.2. The third-order valence-electron chi connectivity index (χ3n) is 9.60. The Balaban J connectivity index is 1.32. The number of pyridine rings is 2. The second-order valence-corrected chi connectivity index (χ2v) is 14.1. The molecule has 10 aromatic rings. The molecule has 0 N–H and O–H groups in total. The zero-order chi connectivity index (χ0) is 33.0. The Labute approximate surface area is 296 Å². The molecule has 0 aliphatic rings. The summed E-state index contributed by atoms with van der Waals surface area (Å²) in [4.78, 5) is 20.3. The molecule has 4 aromatic heterocycles. The highest BCUT2D eigenvalue weighted by Crippen LogP contribution is 2.50. The summed E-state index contributed by atoms with van der Waals surface area (Å²) in [5.74, 6) is 0. The van der Waals surface area contributed by atoms with E-state index in [0.29, 0.717) is 0 Å². The number of nitrogens with zero attached hydrogens (tertiary/aromatic N) is 4. The zero-order valence-electron chi connectivity index (χ0n) is 26.6. The molecule has 6 heteroatoms. The summed E-state index contributed by atoms with van der Waals surface area (Å²) >= 11 is 3.26. The van der Waals surface area contributed by atoms with Crippen LogP contribution in [0.15, 0.2) is 157 Å². The summed E-state index contributed by atoms with van der Waals surface area (Å²) in [7, 11) is 0. The molecule has 0 saturated heterocycles. The third kappa shape index (κ3) is 4.57. The van der Waals surface area contributed by atoms with Gasteiger partial charge in [-0.05, 0) is 77.5 Å². The highest BCUT2D eigenvalue weighted by atomic mass is 32.1. The molecular weight excluding hydrogens is 649 g/mol. The molecule has 0 aliphatic heterocycles. The molecule has 0 spiro atoms. The van der Waals surface area contributed by atoms with E-state index < -0.39 is 0 Å². The standard InChI is InChI=1S/C44H26N4S2/c1-5-13-35-31(9-1)41(29-17-27(19-45-21-29)39-23-47-25-49-39)32-10-2-6-14-36(32)43(35)44-37-15-7-3-11-33(37)42(34-12-4-8-16-38(34)44)30-18-28(20-46-22-30)40-24-48-26-50-40/h1-26H. The first-order chi connectivity index (χ1) is 24.8. The van der Waals surface area contributed by atoms with Crippen LogP contribution in [0.25, 0.3) is 97.4 Å². The van der Waals surface area contributed by atoms with Gasteiger partial charge >= 0.3 is 0 Å². The molecule has 234 valence electrons. The van der Waals surface area contributed by atoms with E-state index in [0.717, 1.165) is 32.0 Å².